The SMILES string of the molecule is COC(=O)c1ccc(NC(=O)Nc2ccccc2)cc1OS(=O)(=O)c1ccc(C)cc1C. The number of carbonyl (C=O) groups is 2. The van der Waals surface area contributed by atoms with Crippen LogP contribution >= 0.6 is 0 Å². The smallest absolute Gasteiger partial charge is 0.341 e. The lowest BCUT2D eigenvalue weighted by atomic mass is 10.2. The molecule has 3 rings (SSSR count). The van der Waals surface area contributed by atoms with Crippen LogP contribution in [-0.2, 0) is 14.9 Å². The summed E-state index contributed by atoms with van der Waals surface area (Å²) >= 11 is 0. The minimum absolute atomic E-state index is 0.0286. The average Bonchev–Trinajstić information content (AvgIpc) is 2.73. The van der Waals surface area contributed by atoms with Crippen molar-refractivity contribution in [2.24, 2.45) is 0 Å². The number of benzene rings is 3. The van der Waals surface area contributed by atoms with E-state index in [1.54, 1.807) is 43.3 Å². The van der Waals surface area contributed by atoms with E-state index >= 15 is 0 Å². The van der Waals surface area contributed by atoms with Gasteiger partial charge in [-0.2, -0.15) is 8.42 Å². The second-order valence-electron chi connectivity index (χ2n) is 6.95. The molecule has 0 radical (unpaired) electrons. The first-order valence-electron chi connectivity index (χ1n) is 9.57. The normalized spacial score (nSPS) is 10.8. The van der Waals surface area contributed by atoms with Crippen molar-refractivity contribution in [3.05, 3.63) is 83.4 Å². The number of urea groups is 1. The highest BCUT2D eigenvalue weighted by Gasteiger charge is 2.24. The van der Waals surface area contributed by atoms with Crippen molar-refractivity contribution in [2.75, 3.05) is 17.7 Å². The van der Waals surface area contributed by atoms with Gasteiger partial charge in [0.1, 0.15) is 10.5 Å². The summed E-state index contributed by atoms with van der Waals surface area (Å²) in [6.07, 6.45) is 0. The van der Waals surface area contributed by atoms with Gasteiger partial charge in [-0.1, -0.05) is 35.9 Å². The van der Waals surface area contributed by atoms with Crippen molar-refractivity contribution in [1.29, 1.82) is 0 Å². The molecular formula is C23H22N2O6S. The van der Waals surface area contributed by atoms with E-state index in [0.717, 1.165) is 5.56 Å². The first-order chi connectivity index (χ1) is 15.2. The number of ether oxygens (including phenoxy) is 1. The number of nitrogens with one attached hydrogen (secondary N) is 2. The van der Waals surface area contributed by atoms with E-state index in [-0.39, 0.29) is 21.9 Å². The molecule has 0 heterocycles. The Hall–Kier alpha value is -3.85. The highest BCUT2D eigenvalue weighted by molar-refractivity contribution is 7.87. The largest absolute Gasteiger partial charge is 0.465 e. The molecule has 0 saturated carbocycles. The standard InChI is InChI=1S/C23H22N2O6S/c1-15-9-12-21(16(2)13-15)32(28,29)31-20-14-18(10-11-19(20)22(26)30-3)25-23(27)24-17-7-5-4-6-8-17/h4-14H,1-3H3,(H2,24,25,27). The molecule has 0 aliphatic rings. The number of anilines is 2. The van der Waals surface area contributed by atoms with Crippen LogP contribution in [0.3, 0.4) is 0 Å². The van der Waals surface area contributed by atoms with E-state index in [2.05, 4.69) is 10.6 Å². The quantitative estimate of drug-likeness (QED) is 0.419. The summed E-state index contributed by atoms with van der Waals surface area (Å²) in [6.45, 7) is 3.49. The minimum Gasteiger partial charge on any atom is -0.465 e. The van der Waals surface area contributed by atoms with Crippen LogP contribution in [0, 0.1) is 13.8 Å². The lowest BCUT2D eigenvalue weighted by Gasteiger charge is -2.14. The molecule has 3 aromatic rings. The number of aryl methyl sites for hydroxylation is 2. The van der Waals surface area contributed by atoms with Crippen LogP contribution in [0.4, 0.5) is 16.2 Å². The lowest BCUT2D eigenvalue weighted by Crippen LogP contribution is -2.20. The van der Waals surface area contributed by atoms with Crippen LogP contribution in [0.1, 0.15) is 21.5 Å². The lowest BCUT2D eigenvalue weighted by molar-refractivity contribution is 0.0599. The molecule has 9 heteroatoms. The van der Waals surface area contributed by atoms with Gasteiger partial charge < -0.3 is 19.6 Å². The zero-order valence-electron chi connectivity index (χ0n) is 17.7. The van der Waals surface area contributed by atoms with Gasteiger partial charge in [-0.3, -0.25) is 0 Å². The van der Waals surface area contributed by atoms with Crippen LogP contribution in [0.25, 0.3) is 0 Å². The first-order valence-corrected chi connectivity index (χ1v) is 11.0. The van der Waals surface area contributed by atoms with Gasteiger partial charge in [0.2, 0.25) is 0 Å². The summed E-state index contributed by atoms with van der Waals surface area (Å²) in [5.41, 5.74) is 2.09. The maximum Gasteiger partial charge on any atom is 0.341 e. The third-order valence-electron chi connectivity index (χ3n) is 4.48. The maximum atomic E-state index is 12.9. The molecule has 0 atom stereocenters. The van der Waals surface area contributed by atoms with E-state index in [0.29, 0.717) is 11.3 Å². The Balaban J connectivity index is 1.90. The Bertz CT molecular complexity index is 1260. The van der Waals surface area contributed by atoms with E-state index in [9.17, 15) is 18.0 Å². The third-order valence-corrected chi connectivity index (χ3v) is 5.87. The Morgan fingerprint density at radius 3 is 2.19 bits per heavy atom. The second kappa shape index (κ2) is 9.52. The van der Waals surface area contributed by atoms with Crippen molar-refractivity contribution in [3.8, 4) is 5.75 Å². The number of para-hydroxylation sites is 1. The topological polar surface area (TPSA) is 111 Å². The molecule has 0 aromatic heterocycles. The van der Waals surface area contributed by atoms with Crippen molar-refractivity contribution in [3.63, 3.8) is 0 Å². The van der Waals surface area contributed by atoms with Crippen LogP contribution < -0.4 is 14.8 Å². The van der Waals surface area contributed by atoms with Gasteiger partial charge in [0, 0.05) is 17.4 Å². The number of rotatable bonds is 6. The fraction of sp³-hybridized carbons (Fsp3) is 0.130. The van der Waals surface area contributed by atoms with Gasteiger partial charge in [0.05, 0.1) is 7.11 Å². The zero-order valence-corrected chi connectivity index (χ0v) is 18.5. The molecule has 2 amide bonds. The van der Waals surface area contributed by atoms with Gasteiger partial charge in [-0.25, -0.2) is 9.59 Å². The molecule has 8 nitrogen and oxygen atoms in total. The second-order valence-corrected chi connectivity index (χ2v) is 8.47. The van der Waals surface area contributed by atoms with Crippen LogP contribution in [0.5, 0.6) is 5.75 Å². The van der Waals surface area contributed by atoms with Crippen molar-refractivity contribution < 1.29 is 26.9 Å². The predicted molar refractivity (Wildman–Crippen MR) is 121 cm³/mol. The van der Waals surface area contributed by atoms with Crippen LogP contribution in [-0.4, -0.2) is 27.5 Å². The average molecular weight is 455 g/mol. The Labute approximate surface area is 186 Å². The Morgan fingerprint density at radius 2 is 1.53 bits per heavy atom. The van der Waals surface area contributed by atoms with Crippen molar-refractivity contribution >= 4 is 33.5 Å². The maximum absolute atomic E-state index is 12.9. The summed E-state index contributed by atoms with van der Waals surface area (Å²) in [6, 6.07) is 17.0. The molecular weight excluding hydrogens is 432 g/mol. The number of esters is 1. The van der Waals surface area contributed by atoms with Crippen LogP contribution in [0.15, 0.2) is 71.6 Å². The summed E-state index contributed by atoms with van der Waals surface area (Å²) in [5, 5.41) is 5.23. The van der Waals surface area contributed by atoms with Gasteiger partial charge in [0.25, 0.3) is 0 Å². The highest BCUT2D eigenvalue weighted by Crippen LogP contribution is 2.29. The van der Waals surface area contributed by atoms with E-state index in [1.807, 2.05) is 13.0 Å². The molecule has 32 heavy (non-hydrogen) atoms. The fourth-order valence-electron chi connectivity index (χ4n) is 3.01. The summed E-state index contributed by atoms with van der Waals surface area (Å²) in [4.78, 5) is 24.4. The third kappa shape index (κ3) is 5.44. The fourth-order valence-corrected chi connectivity index (χ4v) is 4.16. The summed E-state index contributed by atoms with van der Waals surface area (Å²) < 4.78 is 35.8. The Morgan fingerprint density at radius 1 is 0.844 bits per heavy atom. The molecule has 166 valence electrons. The molecule has 0 aliphatic heterocycles. The zero-order chi connectivity index (χ0) is 23.3. The number of hydrogen-bond acceptors (Lipinski definition) is 6. The van der Waals surface area contributed by atoms with Crippen molar-refractivity contribution in [1.82, 2.24) is 0 Å². The molecule has 0 aliphatic carbocycles. The minimum atomic E-state index is -4.25. The first kappa shape index (κ1) is 22.8. The Kier molecular flexibility index (Phi) is 6.79. The number of amides is 2. The number of methoxy groups -OCH3 is 1. The molecule has 0 bridgehead atoms. The van der Waals surface area contributed by atoms with Gasteiger partial charge >= 0.3 is 22.1 Å². The molecule has 0 spiro atoms. The van der Waals surface area contributed by atoms with E-state index < -0.39 is 22.1 Å². The van der Waals surface area contributed by atoms with Gasteiger partial charge in [-0.15, -0.1) is 0 Å². The van der Waals surface area contributed by atoms with Crippen molar-refractivity contribution in [2.45, 2.75) is 18.7 Å². The monoisotopic (exact) mass is 454 g/mol. The predicted octanol–water partition coefficient (Wildman–Crippen LogP) is 4.50. The van der Waals surface area contributed by atoms with E-state index in [4.69, 9.17) is 8.92 Å². The van der Waals surface area contributed by atoms with Crippen LogP contribution in [0.2, 0.25) is 0 Å². The molecule has 2 N–H and O–H groups in total. The van der Waals surface area contributed by atoms with Gasteiger partial charge in [-0.05, 0) is 49.7 Å². The molecule has 0 fully saturated rings. The van der Waals surface area contributed by atoms with E-state index in [1.165, 1.54) is 31.4 Å². The summed E-state index contributed by atoms with van der Waals surface area (Å²) in [7, 11) is -3.08. The molecule has 0 saturated heterocycles. The molecule has 3 aromatic carbocycles. The number of carbonyl (C=O) groups excluding carboxylic acids is 2. The highest BCUT2D eigenvalue weighted by atomic mass is 32.2. The van der Waals surface area contributed by atoms with Gasteiger partial charge in [0.15, 0.2) is 5.75 Å². The number of hydrogen-bond donors (Lipinski definition) is 2. The summed E-state index contributed by atoms with van der Waals surface area (Å²) in [5.74, 6) is -1.05. The molecule has 0 unspecified atom stereocenters.